The highest BCUT2D eigenvalue weighted by atomic mass is 79.9. The summed E-state index contributed by atoms with van der Waals surface area (Å²) in [4.78, 5) is 17.1. The Labute approximate surface area is 141 Å². The second-order valence-corrected chi connectivity index (χ2v) is 7.29. The van der Waals surface area contributed by atoms with Crippen LogP contribution in [-0.4, -0.2) is 33.5 Å². The summed E-state index contributed by atoms with van der Waals surface area (Å²) in [6.45, 7) is 0.667. The Morgan fingerprint density at radius 3 is 2.76 bits per heavy atom. The van der Waals surface area contributed by atoms with Gasteiger partial charge in [0.1, 0.15) is 0 Å². The molecule has 21 heavy (non-hydrogen) atoms. The van der Waals surface area contributed by atoms with Crippen molar-refractivity contribution < 1.29 is 4.79 Å². The first-order valence-corrected chi connectivity index (χ1v) is 9.17. The van der Waals surface area contributed by atoms with E-state index < -0.39 is 0 Å². The van der Waals surface area contributed by atoms with Crippen LogP contribution in [0.2, 0.25) is 0 Å². The molecular formula is C14H16BrN3OS2. The number of carbonyl (C=O) groups is 1. The molecule has 0 spiro atoms. The number of imidazole rings is 1. The third-order valence-corrected chi connectivity index (χ3v) is 5.22. The molecule has 0 atom stereocenters. The van der Waals surface area contributed by atoms with Crippen molar-refractivity contribution in [2.45, 2.75) is 10.1 Å². The van der Waals surface area contributed by atoms with Gasteiger partial charge in [0, 0.05) is 41.1 Å². The third-order valence-electron chi connectivity index (χ3n) is 2.62. The number of carbonyl (C=O) groups excluding carboxylic acids is 1. The zero-order valence-electron chi connectivity index (χ0n) is 11.6. The molecule has 1 N–H and O–H groups in total. The van der Waals surface area contributed by atoms with Gasteiger partial charge in [-0.3, -0.25) is 4.79 Å². The molecule has 4 nitrogen and oxygen atoms in total. The van der Waals surface area contributed by atoms with Crippen LogP contribution < -0.4 is 5.32 Å². The van der Waals surface area contributed by atoms with Crippen molar-refractivity contribution in [3.8, 4) is 0 Å². The Morgan fingerprint density at radius 1 is 1.33 bits per heavy atom. The number of halogens is 1. The van der Waals surface area contributed by atoms with Crippen LogP contribution in [0.1, 0.15) is 0 Å². The van der Waals surface area contributed by atoms with Crippen molar-refractivity contribution in [2.24, 2.45) is 7.05 Å². The van der Waals surface area contributed by atoms with E-state index in [4.69, 9.17) is 0 Å². The Bertz CT molecular complexity index is 586. The molecule has 0 aliphatic rings. The number of rotatable bonds is 7. The van der Waals surface area contributed by atoms with Crippen LogP contribution in [-0.2, 0) is 11.8 Å². The van der Waals surface area contributed by atoms with Gasteiger partial charge in [0.25, 0.3) is 0 Å². The predicted octanol–water partition coefficient (Wildman–Crippen LogP) is 3.18. The first kappa shape index (κ1) is 16.5. The van der Waals surface area contributed by atoms with E-state index in [1.165, 1.54) is 16.7 Å². The molecule has 7 heteroatoms. The maximum atomic E-state index is 11.7. The highest BCUT2D eigenvalue weighted by Crippen LogP contribution is 2.20. The number of aromatic nitrogens is 2. The van der Waals surface area contributed by atoms with Gasteiger partial charge in [-0.2, -0.15) is 0 Å². The molecule has 0 unspecified atom stereocenters. The number of aryl methyl sites for hydroxylation is 1. The average Bonchev–Trinajstić information content (AvgIpc) is 2.89. The summed E-state index contributed by atoms with van der Waals surface area (Å²) in [5.74, 6) is 1.30. The van der Waals surface area contributed by atoms with Crippen molar-refractivity contribution in [1.29, 1.82) is 0 Å². The largest absolute Gasteiger partial charge is 0.355 e. The topological polar surface area (TPSA) is 46.9 Å². The minimum atomic E-state index is 0.0411. The number of hydrogen-bond acceptors (Lipinski definition) is 4. The second kappa shape index (κ2) is 8.51. The Hall–Kier alpha value is -0.920. The van der Waals surface area contributed by atoms with E-state index in [2.05, 4.69) is 38.4 Å². The first-order chi connectivity index (χ1) is 10.1. The number of amides is 1. The molecule has 112 valence electrons. The van der Waals surface area contributed by atoms with Crippen molar-refractivity contribution in [3.63, 3.8) is 0 Å². The summed E-state index contributed by atoms with van der Waals surface area (Å²) in [6, 6.07) is 8.16. The molecule has 0 fully saturated rings. The number of nitrogens with one attached hydrogen (secondary N) is 1. The van der Waals surface area contributed by atoms with Gasteiger partial charge >= 0.3 is 0 Å². The molecule has 2 rings (SSSR count). The maximum absolute atomic E-state index is 11.7. The van der Waals surface area contributed by atoms with Gasteiger partial charge in [0.2, 0.25) is 5.91 Å². The predicted molar refractivity (Wildman–Crippen MR) is 91.8 cm³/mol. The third kappa shape index (κ3) is 5.76. The summed E-state index contributed by atoms with van der Waals surface area (Å²) in [5.41, 5.74) is 0. The number of thioether (sulfide) groups is 2. The van der Waals surface area contributed by atoms with Gasteiger partial charge in [-0.25, -0.2) is 4.98 Å². The van der Waals surface area contributed by atoms with Gasteiger partial charge in [-0.15, -0.1) is 11.8 Å². The van der Waals surface area contributed by atoms with Crippen LogP contribution in [0, 0.1) is 0 Å². The maximum Gasteiger partial charge on any atom is 0.230 e. The van der Waals surface area contributed by atoms with E-state index in [1.54, 1.807) is 18.0 Å². The molecule has 0 saturated carbocycles. The lowest BCUT2D eigenvalue weighted by molar-refractivity contribution is -0.118. The smallest absolute Gasteiger partial charge is 0.230 e. The Morgan fingerprint density at radius 2 is 2.10 bits per heavy atom. The monoisotopic (exact) mass is 385 g/mol. The number of benzene rings is 1. The summed E-state index contributed by atoms with van der Waals surface area (Å²) in [5, 5.41) is 3.78. The van der Waals surface area contributed by atoms with Crippen LogP contribution in [0.3, 0.4) is 0 Å². The summed E-state index contributed by atoms with van der Waals surface area (Å²) < 4.78 is 2.98. The van der Waals surface area contributed by atoms with Crippen molar-refractivity contribution in [1.82, 2.24) is 14.9 Å². The van der Waals surface area contributed by atoms with E-state index in [0.29, 0.717) is 12.3 Å². The molecular weight excluding hydrogens is 370 g/mol. The summed E-state index contributed by atoms with van der Waals surface area (Å²) in [6.07, 6.45) is 3.60. The van der Waals surface area contributed by atoms with Gasteiger partial charge in [0.05, 0.1) is 5.75 Å². The fraction of sp³-hybridized carbons (Fsp3) is 0.286. The minimum absolute atomic E-state index is 0.0411. The van der Waals surface area contributed by atoms with Crippen LogP contribution in [0.4, 0.5) is 0 Å². The zero-order chi connectivity index (χ0) is 15.1. The lowest BCUT2D eigenvalue weighted by Crippen LogP contribution is -2.27. The first-order valence-electron chi connectivity index (χ1n) is 6.40. The second-order valence-electron chi connectivity index (χ2n) is 4.26. The fourth-order valence-corrected chi connectivity index (χ4v) is 3.36. The molecule has 0 aliphatic heterocycles. The molecule has 0 aliphatic carbocycles. The quantitative estimate of drug-likeness (QED) is 0.587. The van der Waals surface area contributed by atoms with Crippen molar-refractivity contribution >= 4 is 45.4 Å². The van der Waals surface area contributed by atoms with Gasteiger partial charge < -0.3 is 9.88 Å². The molecule has 0 radical (unpaired) electrons. The van der Waals surface area contributed by atoms with E-state index >= 15 is 0 Å². The lowest BCUT2D eigenvalue weighted by Gasteiger charge is -2.05. The normalized spacial score (nSPS) is 10.6. The molecule has 1 aromatic heterocycles. The van der Waals surface area contributed by atoms with Crippen LogP contribution in [0.15, 0.2) is 51.2 Å². The van der Waals surface area contributed by atoms with E-state index in [-0.39, 0.29) is 5.91 Å². The van der Waals surface area contributed by atoms with Crippen molar-refractivity contribution in [2.75, 3.05) is 18.1 Å². The van der Waals surface area contributed by atoms with E-state index in [9.17, 15) is 4.79 Å². The van der Waals surface area contributed by atoms with Gasteiger partial charge in [-0.1, -0.05) is 27.7 Å². The lowest BCUT2D eigenvalue weighted by atomic mass is 10.4. The molecule has 0 bridgehead atoms. The number of hydrogen-bond donors (Lipinski definition) is 1. The standard InChI is InChI=1S/C14H16BrN3OS2/c1-18-8-6-17-14(18)21-10-13(19)16-7-9-20-12-4-2-11(15)3-5-12/h2-6,8H,7,9-10H2,1H3,(H,16,19). The van der Waals surface area contributed by atoms with E-state index in [0.717, 1.165) is 15.4 Å². The van der Waals surface area contributed by atoms with Gasteiger partial charge in [-0.05, 0) is 24.3 Å². The van der Waals surface area contributed by atoms with Crippen molar-refractivity contribution in [3.05, 3.63) is 41.1 Å². The summed E-state index contributed by atoms with van der Waals surface area (Å²) in [7, 11) is 1.92. The highest BCUT2D eigenvalue weighted by molar-refractivity contribution is 9.10. The zero-order valence-corrected chi connectivity index (χ0v) is 14.8. The number of nitrogens with zero attached hydrogens (tertiary/aromatic N) is 2. The van der Waals surface area contributed by atoms with Gasteiger partial charge in [0.15, 0.2) is 5.16 Å². The highest BCUT2D eigenvalue weighted by Gasteiger charge is 2.05. The molecule has 2 aromatic rings. The molecule has 1 amide bonds. The fourth-order valence-electron chi connectivity index (χ4n) is 1.56. The molecule has 1 aromatic carbocycles. The molecule has 1 heterocycles. The molecule has 0 saturated heterocycles. The van der Waals surface area contributed by atoms with Crippen LogP contribution in [0.5, 0.6) is 0 Å². The van der Waals surface area contributed by atoms with Crippen LogP contribution >= 0.6 is 39.5 Å². The SMILES string of the molecule is Cn1ccnc1SCC(=O)NCCSc1ccc(Br)cc1. The average molecular weight is 386 g/mol. The Balaban J connectivity index is 1.61. The Kier molecular flexibility index (Phi) is 6.66. The van der Waals surface area contributed by atoms with Crippen LogP contribution in [0.25, 0.3) is 0 Å². The van der Waals surface area contributed by atoms with E-state index in [1.807, 2.05) is 29.9 Å². The summed E-state index contributed by atoms with van der Waals surface area (Å²) >= 11 is 6.59. The minimum Gasteiger partial charge on any atom is -0.355 e.